The highest BCUT2D eigenvalue weighted by Crippen LogP contribution is 2.08. The summed E-state index contributed by atoms with van der Waals surface area (Å²) in [5, 5.41) is 2.17. The zero-order valence-electron chi connectivity index (χ0n) is 13.6. The lowest BCUT2D eigenvalue weighted by atomic mass is 10.0. The maximum atomic E-state index is 11.8. The SMILES string of the molecule is [2H][C@](C)(C(=O)OC)[C@H](NC(=O)OCc1ccccc1)C(=O)OC. The average Bonchev–Trinajstić information content (AvgIpc) is 2.57. The molecule has 0 aliphatic heterocycles. The Labute approximate surface area is 129 Å². The van der Waals surface area contributed by atoms with Gasteiger partial charge in [0, 0.05) is 1.37 Å². The molecule has 1 N–H and O–H groups in total. The number of rotatable bonds is 6. The Morgan fingerprint density at radius 3 is 2.27 bits per heavy atom. The molecule has 0 aliphatic rings. The van der Waals surface area contributed by atoms with Crippen LogP contribution in [0.3, 0.4) is 0 Å². The smallest absolute Gasteiger partial charge is 0.408 e. The van der Waals surface area contributed by atoms with E-state index in [0.717, 1.165) is 26.7 Å². The van der Waals surface area contributed by atoms with Crippen LogP contribution >= 0.6 is 0 Å². The van der Waals surface area contributed by atoms with Crippen molar-refractivity contribution in [1.82, 2.24) is 5.32 Å². The molecule has 1 aromatic rings. The van der Waals surface area contributed by atoms with Gasteiger partial charge < -0.3 is 19.5 Å². The van der Waals surface area contributed by atoms with Crippen LogP contribution in [-0.4, -0.2) is 38.3 Å². The molecule has 0 radical (unpaired) electrons. The molecule has 0 saturated carbocycles. The standard InChI is InChI=1S/C15H19NO6/c1-10(13(17)20-2)12(14(18)21-3)16-15(19)22-9-11-7-5-4-6-8-11/h4-8,10,12H,9H2,1-3H3,(H,16,19)/t10-,12+/m1/s1/i10D. The molecule has 1 aromatic carbocycles. The minimum absolute atomic E-state index is 0.0203. The predicted molar refractivity (Wildman–Crippen MR) is 76.7 cm³/mol. The van der Waals surface area contributed by atoms with E-state index in [1.807, 2.05) is 6.07 Å². The largest absolute Gasteiger partial charge is 0.469 e. The minimum atomic E-state index is -2.06. The maximum Gasteiger partial charge on any atom is 0.408 e. The summed E-state index contributed by atoms with van der Waals surface area (Å²) in [6.45, 7) is 1.12. The Bertz CT molecular complexity index is 560. The van der Waals surface area contributed by atoms with Crippen LogP contribution in [0.4, 0.5) is 4.79 Å². The van der Waals surface area contributed by atoms with Crippen molar-refractivity contribution < 1.29 is 30.0 Å². The van der Waals surface area contributed by atoms with Crippen molar-refractivity contribution >= 4 is 18.0 Å². The Hall–Kier alpha value is -2.57. The second kappa shape index (κ2) is 8.66. The summed E-state index contributed by atoms with van der Waals surface area (Å²) >= 11 is 0. The highest BCUT2D eigenvalue weighted by Gasteiger charge is 2.33. The van der Waals surface area contributed by atoms with Crippen molar-refractivity contribution in [1.29, 1.82) is 0 Å². The lowest BCUT2D eigenvalue weighted by molar-refractivity contribution is -0.153. The first-order chi connectivity index (χ1) is 10.8. The van der Waals surface area contributed by atoms with E-state index >= 15 is 0 Å². The van der Waals surface area contributed by atoms with Crippen LogP contribution in [0.15, 0.2) is 30.3 Å². The van der Waals surface area contributed by atoms with Gasteiger partial charge in [-0.3, -0.25) is 4.79 Å². The molecule has 7 nitrogen and oxygen atoms in total. The quantitative estimate of drug-likeness (QED) is 0.628. The third-order valence-electron chi connectivity index (χ3n) is 2.85. The molecule has 1 amide bonds. The molecule has 0 spiro atoms. The number of hydrogen-bond donors (Lipinski definition) is 1. The molecule has 120 valence electrons. The summed E-state index contributed by atoms with van der Waals surface area (Å²) in [5.41, 5.74) is 0.749. The van der Waals surface area contributed by atoms with Crippen LogP contribution in [0.2, 0.25) is 0 Å². The number of amides is 1. The number of carbonyl (C=O) groups is 3. The van der Waals surface area contributed by atoms with Crippen molar-refractivity contribution in [3.8, 4) is 0 Å². The fourth-order valence-electron chi connectivity index (χ4n) is 1.62. The van der Waals surface area contributed by atoms with Crippen molar-refractivity contribution in [2.24, 2.45) is 5.89 Å². The third-order valence-corrected chi connectivity index (χ3v) is 2.85. The van der Waals surface area contributed by atoms with E-state index in [1.54, 1.807) is 24.3 Å². The van der Waals surface area contributed by atoms with Gasteiger partial charge in [-0.25, -0.2) is 9.59 Å². The number of nitrogens with one attached hydrogen (secondary N) is 1. The molecule has 0 aromatic heterocycles. The first-order valence-corrected chi connectivity index (χ1v) is 6.46. The number of carbonyl (C=O) groups excluding carboxylic acids is 3. The van der Waals surface area contributed by atoms with E-state index in [0.29, 0.717) is 0 Å². The fourth-order valence-corrected chi connectivity index (χ4v) is 1.62. The highest BCUT2D eigenvalue weighted by atomic mass is 16.6. The van der Waals surface area contributed by atoms with Crippen LogP contribution in [-0.2, 0) is 30.4 Å². The van der Waals surface area contributed by atoms with Gasteiger partial charge in [-0.1, -0.05) is 30.3 Å². The molecule has 1 rings (SSSR count). The summed E-state index contributed by atoms with van der Waals surface area (Å²) in [7, 11) is 2.16. The Balaban J connectivity index is 2.75. The molecule has 0 fully saturated rings. The Morgan fingerprint density at radius 2 is 1.73 bits per heavy atom. The van der Waals surface area contributed by atoms with Crippen molar-refractivity contribution in [3.63, 3.8) is 0 Å². The number of ether oxygens (including phenoxy) is 3. The molecule has 2 atom stereocenters. The molecule has 7 heteroatoms. The van der Waals surface area contributed by atoms with Crippen molar-refractivity contribution in [2.45, 2.75) is 19.6 Å². The van der Waals surface area contributed by atoms with Gasteiger partial charge in [0.25, 0.3) is 0 Å². The van der Waals surface area contributed by atoms with Crippen LogP contribution in [0.25, 0.3) is 0 Å². The van der Waals surface area contributed by atoms with Crippen molar-refractivity contribution in [2.75, 3.05) is 14.2 Å². The number of methoxy groups -OCH3 is 2. The number of hydrogen-bond acceptors (Lipinski definition) is 6. The van der Waals surface area contributed by atoms with E-state index in [2.05, 4.69) is 14.8 Å². The fraction of sp³-hybridized carbons (Fsp3) is 0.400. The summed E-state index contributed by atoms with van der Waals surface area (Å²) in [6.07, 6.45) is -0.952. The lowest BCUT2D eigenvalue weighted by Crippen LogP contribution is -2.48. The molecule has 0 unspecified atom stereocenters. The molecule has 0 aliphatic carbocycles. The first kappa shape index (κ1) is 15.8. The summed E-state index contributed by atoms with van der Waals surface area (Å²) in [4.78, 5) is 35.2. The van der Waals surface area contributed by atoms with Crippen molar-refractivity contribution in [3.05, 3.63) is 35.9 Å². The Morgan fingerprint density at radius 1 is 1.14 bits per heavy atom. The van der Waals surface area contributed by atoms with Gasteiger partial charge in [-0.15, -0.1) is 0 Å². The summed E-state index contributed by atoms with van der Waals surface area (Å²) in [6, 6.07) is 7.34. The lowest BCUT2D eigenvalue weighted by Gasteiger charge is -2.20. The topological polar surface area (TPSA) is 90.9 Å². The number of benzene rings is 1. The predicted octanol–water partition coefficient (Wildman–Crippen LogP) is 1.26. The zero-order valence-corrected chi connectivity index (χ0v) is 12.6. The normalized spacial score (nSPS) is 14.8. The number of alkyl carbamates (subject to hydrolysis) is 1. The van der Waals surface area contributed by atoms with Crippen LogP contribution in [0.5, 0.6) is 0 Å². The molecular formula is C15H19NO6. The molecule has 0 saturated heterocycles. The monoisotopic (exact) mass is 310 g/mol. The number of esters is 2. The van der Waals surface area contributed by atoms with Gasteiger partial charge >= 0.3 is 18.0 Å². The summed E-state index contributed by atoms with van der Waals surface area (Å²) in [5.74, 6) is -4.01. The second-order valence-corrected chi connectivity index (χ2v) is 4.34. The van der Waals surface area contributed by atoms with Gasteiger partial charge in [0.15, 0.2) is 0 Å². The van der Waals surface area contributed by atoms with Crippen LogP contribution in [0.1, 0.15) is 13.9 Å². The highest BCUT2D eigenvalue weighted by molar-refractivity contribution is 5.87. The average molecular weight is 310 g/mol. The van der Waals surface area contributed by atoms with E-state index in [1.165, 1.54) is 0 Å². The van der Waals surface area contributed by atoms with Crippen LogP contribution in [0, 0.1) is 5.89 Å². The van der Waals surface area contributed by atoms with Gasteiger partial charge in [0.1, 0.15) is 12.6 Å². The van der Waals surface area contributed by atoms with Gasteiger partial charge in [0.2, 0.25) is 0 Å². The van der Waals surface area contributed by atoms with E-state index < -0.39 is 30.0 Å². The molecule has 22 heavy (non-hydrogen) atoms. The Kier molecular flexibility index (Phi) is 6.22. The second-order valence-electron chi connectivity index (χ2n) is 4.34. The molecule has 0 bridgehead atoms. The van der Waals surface area contributed by atoms with E-state index in [9.17, 15) is 14.4 Å². The minimum Gasteiger partial charge on any atom is -0.469 e. The first-order valence-electron chi connectivity index (χ1n) is 6.96. The third kappa shape index (κ3) is 5.08. The molecular weight excluding hydrogens is 290 g/mol. The zero-order chi connectivity index (χ0) is 17.5. The van der Waals surface area contributed by atoms with Gasteiger partial charge in [-0.2, -0.15) is 0 Å². The van der Waals surface area contributed by atoms with Crippen LogP contribution < -0.4 is 5.32 Å². The van der Waals surface area contributed by atoms with E-state index in [-0.39, 0.29) is 6.61 Å². The maximum absolute atomic E-state index is 11.8. The van der Waals surface area contributed by atoms with Gasteiger partial charge in [-0.05, 0) is 12.5 Å². The summed E-state index contributed by atoms with van der Waals surface area (Å²) < 4.78 is 21.9. The van der Waals surface area contributed by atoms with Gasteiger partial charge in [0.05, 0.1) is 20.1 Å². The molecule has 0 heterocycles. The van der Waals surface area contributed by atoms with E-state index in [4.69, 9.17) is 6.11 Å².